The van der Waals surface area contributed by atoms with Gasteiger partial charge < -0.3 is 5.53 Å². The molecule has 0 bridgehead atoms. The van der Waals surface area contributed by atoms with Gasteiger partial charge in [0.25, 0.3) is 0 Å². The molecule has 0 unspecified atom stereocenters. The molecule has 1 aliphatic rings. The molecule has 0 amide bonds. The quantitative estimate of drug-likeness (QED) is 0.0359. The Bertz CT molecular complexity index is 1640. The molecule has 70 heavy (non-hydrogen) atoms. The Labute approximate surface area is 444 Å². The molecule has 404 valence electrons. The smallest absolute Gasteiger partial charge is 0.493 e. The zero-order valence-corrected chi connectivity index (χ0v) is 49.5. The SMILES string of the molecule is CCCCCCCCCCC[CH2][Ni][CH2]CCCCCCCCCCC.CCCCCCCCc1c(C)cc(C2=C(C)C(CCCCCC)=C(c3cc(C)c(CCCCCCCC)c(C)c3)[N+]2=[N-])cc1C. The molecule has 0 saturated carbocycles. The standard InChI is InChI=1S/C43H66N2.2C12H25.Ni/c1-9-12-15-18-20-23-25-39-32(4)28-37(29-33(39)5)42-36(8)41(27-22-17-14-11-3)43(45(42)44)38-30-34(6)40(35(7)31-38)26-24-21-19-16-13-10-2;2*1-3-5-7-9-11-12-10-8-6-4-2;/h28-31H,9-27H2,1-8H3;2*1,3-12H2,2H3;. The van der Waals surface area contributed by atoms with Crippen LogP contribution in [0.4, 0.5) is 0 Å². The van der Waals surface area contributed by atoms with Gasteiger partial charge in [0, 0.05) is 22.3 Å². The third-order valence-corrected chi connectivity index (χ3v) is 16.8. The van der Waals surface area contributed by atoms with Crippen molar-refractivity contribution in [2.24, 2.45) is 0 Å². The third kappa shape index (κ3) is 26.8. The Morgan fingerprint density at radius 1 is 0.329 bits per heavy atom. The summed E-state index contributed by atoms with van der Waals surface area (Å²) in [6, 6.07) is 9.36. The Balaban J connectivity index is 0.000000571. The molecule has 0 radical (unpaired) electrons. The molecule has 2 aromatic carbocycles. The Morgan fingerprint density at radius 3 is 0.914 bits per heavy atom. The van der Waals surface area contributed by atoms with Crippen LogP contribution in [0.3, 0.4) is 0 Å². The van der Waals surface area contributed by atoms with Crippen LogP contribution in [-0.4, -0.2) is 4.70 Å². The van der Waals surface area contributed by atoms with Crippen LogP contribution in [-0.2, 0) is 27.3 Å². The van der Waals surface area contributed by atoms with Crippen LogP contribution in [0.1, 0.15) is 324 Å². The molecule has 0 saturated heterocycles. The number of allylic oxidation sites excluding steroid dienone is 2. The van der Waals surface area contributed by atoms with E-state index in [-0.39, 0.29) is 0 Å². The zero-order valence-electron chi connectivity index (χ0n) is 48.5. The summed E-state index contributed by atoms with van der Waals surface area (Å²) in [5, 5.41) is 2.86. The second-order valence-electron chi connectivity index (χ2n) is 22.0. The van der Waals surface area contributed by atoms with Crippen molar-refractivity contribution in [2.75, 3.05) is 0 Å². The average molecular weight is 1010 g/mol. The first-order valence-electron chi connectivity index (χ1n) is 30.8. The monoisotopic (exact) mass is 1010 g/mol. The first-order chi connectivity index (χ1) is 34.2. The van der Waals surface area contributed by atoms with Gasteiger partial charge in [0.15, 0.2) is 0 Å². The van der Waals surface area contributed by atoms with Gasteiger partial charge in [-0.25, -0.2) is 4.70 Å². The van der Waals surface area contributed by atoms with E-state index in [4.69, 9.17) is 0 Å². The zero-order chi connectivity index (χ0) is 51.0. The molecule has 0 N–H and O–H groups in total. The fraction of sp³-hybridized carbons (Fsp3) is 0.761. The van der Waals surface area contributed by atoms with Gasteiger partial charge in [0.2, 0.25) is 11.4 Å². The summed E-state index contributed by atoms with van der Waals surface area (Å²) < 4.78 is 1.55. The average Bonchev–Trinajstić information content (AvgIpc) is 3.59. The number of benzene rings is 2. The van der Waals surface area contributed by atoms with Crippen LogP contribution in [0.15, 0.2) is 35.4 Å². The molecule has 3 heteroatoms. The number of nitrogens with zero attached hydrogens (tertiary/aromatic N) is 2. The minimum atomic E-state index is 0.972. The topological polar surface area (TPSA) is 25.3 Å². The van der Waals surface area contributed by atoms with Crippen LogP contribution in [0.2, 0.25) is 10.8 Å². The molecular formula is C67H116N2Ni. The molecule has 3 rings (SSSR count). The van der Waals surface area contributed by atoms with Crippen molar-refractivity contribution in [3.8, 4) is 0 Å². The van der Waals surface area contributed by atoms with Gasteiger partial charge in [-0.3, -0.25) is 0 Å². The molecule has 0 fully saturated rings. The number of hydrogen-bond acceptors (Lipinski definition) is 0. The summed E-state index contributed by atoms with van der Waals surface area (Å²) >= 11 is 2.03. The predicted molar refractivity (Wildman–Crippen MR) is 311 cm³/mol. The first-order valence-corrected chi connectivity index (χ1v) is 32.1. The molecule has 0 aliphatic carbocycles. The Kier molecular flexibility index (Phi) is 38.8. The fourth-order valence-corrected chi connectivity index (χ4v) is 12.2. The summed E-state index contributed by atoms with van der Waals surface area (Å²) in [5.41, 5.74) is 27.3. The maximum atomic E-state index is 12.0. The van der Waals surface area contributed by atoms with Crippen molar-refractivity contribution in [2.45, 2.75) is 330 Å². The van der Waals surface area contributed by atoms with Gasteiger partial charge in [-0.2, -0.15) is 0 Å². The van der Waals surface area contributed by atoms with Crippen LogP contribution in [0.25, 0.3) is 16.9 Å². The fourth-order valence-electron chi connectivity index (χ4n) is 11.0. The number of hydrogen-bond donors (Lipinski definition) is 0. The van der Waals surface area contributed by atoms with E-state index in [0.29, 0.717) is 0 Å². The van der Waals surface area contributed by atoms with E-state index in [9.17, 15) is 5.53 Å². The minimum Gasteiger partial charge on any atom is -0.493 e. The number of unbranched alkanes of at least 4 members (excludes halogenated alkanes) is 31. The molecule has 2 aromatic rings. The second kappa shape index (κ2) is 42.4. The first kappa shape index (κ1) is 64.1. The van der Waals surface area contributed by atoms with E-state index in [1.807, 2.05) is 14.4 Å². The summed E-state index contributed by atoms with van der Waals surface area (Å²) in [7, 11) is 0. The van der Waals surface area contributed by atoms with Crippen LogP contribution >= 0.6 is 0 Å². The van der Waals surface area contributed by atoms with Gasteiger partial charge in [-0.05, 0) is 131 Å². The van der Waals surface area contributed by atoms with Crippen molar-refractivity contribution in [1.29, 1.82) is 0 Å². The van der Waals surface area contributed by atoms with Crippen LogP contribution < -0.4 is 0 Å². The van der Waals surface area contributed by atoms with Crippen LogP contribution in [0.5, 0.6) is 0 Å². The normalized spacial score (nSPS) is 12.8. The van der Waals surface area contributed by atoms with Gasteiger partial charge in [0.1, 0.15) is 0 Å². The Morgan fingerprint density at radius 2 is 0.586 bits per heavy atom. The van der Waals surface area contributed by atoms with Gasteiger partial charge in [0.05, 0.1) is 0 Å². The van der Waals surface area contributed by atoms with E-state index in [2.05, 4.69) is 93.5 Å². The maximum absolute atomic E-state index is 12.0. The molecule has 0 spiro atoms. The van der Waals surface area contributed by atoms with Crippen molar-refractivity contribution in [3.05, 3.63) is 85.5 Å². The summed E-state index contributed by atoms with van der Waals surface area (Å²) in [6.07, 6.45) is 53.4. The summed E-state index contributed by atoms with van der Waals surface area (Å²) in [5.74, 6) is 0. The third-order valence-electron chi connectivity index (χ3n) is 15.5. The van der Waals surface area contributed by atoms with E-state index in [0.717, 1.165) is 48.2 Å². The van der Waals surface area contributed by atoms with Crippen LogP contribution in [0, 0.1) is 27.7 Å². The number of rotatable bonds is 43. The molecule has 1 heterocycles. The van der Waals surface area contributed by atoms with Gasteiger partial charge >= 0.3 is 167 Å². The number of aryl methyl sites for hydroxylation is 4. The molecular weight excluding hydrogens is 891 g/mol. The molecule has 2 nitrogen and oxygen atoms in total. The molecule has 0 aromatic heterocycles. The predicted octanol–water partition coefficient (Wildman–Crippen LogP) is 23.6. The van der Waals surface area contributed by atoms with E-state index in [1.165, 1.54) is 280 Å². The van der Waals surface area contributed by atoms with E-state index in [1.54, 1.807) is 4.70 Å². The van der Waals surface area contributed by atoms with E-state index < -0.39 is 0 Å². The van der Waals surface area contributed by atoms with Gasteiger partial charge in [-0.15, -0.1) is 0 Å². The summed E-state index contributed by atoms with van der Waals surface area (Å²) in [6.45, 7) is 22.8. The van der Waals surface area contributed by atoms with Crippen molar-refractivity contribution < 1.29 is 19.1 Å². The van der Waals surface area contributed by atoms with E-state index >= 15 is 0 Å². The van der Waals surface area contributed by atoms with Crippen molar-refractivity contribution in [3.63, 3.8) is 0 Å². The van der Waals surface area contributed by atoms with Crippen molar-refractivity contribution in [1.82, 2.24) is 0 Å². The second-order valence-corrected chi connectivity index (χ2v) is 23.5. The Hall–Kier alpha value is -1.99. The minimum absolute atomic E-state index is 0.972. The van der Waals surface area contributed by atoms with Crippen molar-refractivity contribution >= 4 is 11.4 Å². The van der Waals surface area contributed by atoms with Gasteiger partial charge in [-0.1, -0.05) is 104 Å². The molecule has 1 aliphatic heterocycles. The summed E-state index contributed by atoms with van der Waals surface area (Å²) in [4.78, 5) is 0. The molecule has 0 atom stereocenters.